The number of carbonyl (C=O) groups excluding carboxylic acids is 1. The number of halogens is 6. The van der Waals surface area contributed by atoms with Gasteiger partial charge in [-0.25, -0.2) is 13.9 Å². The van der Waals surface area contributed by atoms with Crippen molar-refractivity contribution >= 4 is 13.8 Å². The van der Waals surface area contributed by atoms with E-state index in [1.807, 2.05) is 0 Å². The summed E-state index contributed by atoms with van der Waals surface area (Å²) >= 11 is 0. The number of carbonyl (C=O) groups is 1. The normalized spacial score (nSPS) is 13.9. The Morgan fingerprint density at radius 2 is 1.72 bits per heavy atom. The zero-order valence-electron chi connectivity index (χ0n) is 13.9. The molecule has 0 amide bonds. The van der Waals surface area contributed by atoms with Gasteiger partial charge in [-0.3, -0.25) is 0 Å². The van der Waals surface area contributed by atoms with E-state index in [2.05, 4.69) is 41.4 Å². The van der Waals surface area contributed by atoms with Gasteiger partial charge in [0.05, 0.1) is 19.7 Å². The SMILES string of the molecule is C=CC(=O)OCCCCCC[n+]1ccn(CC)c1.F[P-](F)(F)(F)(F)F. The van der Waals surface area contributed by atoms with Crippen molar-refractivity contribution in [1.29, 1.82) is 0 Å². The van der Waals surface area contributed by atoms with Crippen molar-refractivity contribution in [2.45, 2.75) is 45.7 Å². The summed E-state index contributed by atoms with van der Waals surface area (Å²) in [4.78, 5) is 10.8. The Labute approximate surface area is 142 Å². The summed E-state index contributed by atoms with van der Waals surface area (Å²) in [5.41, 5.74) is 0. The van der Waals surface area contributed by atoms with Gasteiger partial charge >= 0.3 is 39.0 Å². The zero-order chi connectivity index (χ0) is 19.6. The van der Waals surface area contributed by atoms with Gasteiger partial charge in [0.15, 0.2) is 0 Å². The van der Waals surface area contributed by atoms with Crippen LogP contribution in [0.5, 0.6) is 0 Å². The van der Waals surface area contributed by atoms with Crippen molar-refractivity contribution in [3.05, 3.63) is 31.4 Å². The maximum absolute atomic E-state index is 10.8. The average molecular weight is 396 g/mol. The Morgan fingerprint density at radius 3 is 2.20 bits per heavy atom. The molecule has 0 aliphatic carbocycles. The molecule has 0 N–H and O–H groups in total. The summed E-state index contributed by atoms with van der Waals surface area (Å²) in [5.74, 6) is -0.327. The number of aromatic nitrogens is 2. The minimum absolute atomic E-state index is 0.327. The summed E-state index contributed by atoms with van der Waals surface area (Å²) in [6.45, 7) is 8.06. The van der Waals surface area contributed by atoms with Crippen LogP contribution >= 0.6 is 7.81 Å². The van der Waals surface area contributed by atoms with Crippen molar-refractivity contribution in [2.75, 3.05) is 6.61 Å². The number of ether oxygens (including phenoxy) is 1. The summed E-state index contributed by atoms with van der Waals surface area (Å²) in [5, 5.41) is 0. The summed E-state index contributed by atoms with van der Waals surface area (Å²) < 4.78 is 68.5. The van der Waals surface area contributed by atoms with Crippen LogP contribution in [-0.4, -0.2) is 17.1 Å². The summed E-state index contributed by atoms with van der Waals surface area (Å²) in [6.07, 6.45) is 11.9. The molecule has 1 heterocycles. The molecular formula is C14H23F6N2O2P. The molecule has 148 valence electrons. The van der Waals surface area contributed by atoms with Gasteiger partial charge in [0.25, 0.3) is 0 Å². The number of hydrogen-bond donors (Lipinski definition) is 0. The molecule has 0 fully saturated rings. The molecule has 0 aliphatic heterocycles. The molecule has 0 aromatic carbocycles. The first kappa shape index (κ1) is 23.4. The number of imidazole rings is 1. The predicted octanol–water partition coefficient (Wildman–Crippen LogP) is 5.47. The Hall–Kier alpha value is -1.57. The molecule has 0 atom stereocenters. The molecule has 0 radical (unpaired) electrons. The molecule has 0 saturated heterocycles. The van der Waals surface area contributed by atoms with Gasteiger partial charge in [0.1, 0.15) is 12.4 Å². The van der Waals surface area contributed by atoms with E-state index in [1.165, 1.54) is 6.08 Å². The Balaban J connectivity index is 0.000000697. The van der Waals surface area contributed by atoms with Gasteiger partial charge < -0.3 is 4.74 Å². The summed E-state index contributed by atoms with van der Waals surface area (Å²) in [7, 11) is -10.7. The second-order valence-corrected chi connectivity index (χ2v) is 7.14. The number of esters is 1. The molecule has 0 unspecified atom stereocenters. The number of aryl methyl sites for hydroxylation is 2. The van der Waals surface area contributed by atoms with Gasteiger partial charge in [-0.15, -0.1) is 0 Å². The van der Waals surface area contributed by atoms with E-state index in [-0.39, 0.29) is 5.97 Å². The Bertz CT molecular complexity index is 545. The number of rotatable bonds is 9. The molecule has 0 bridgehead atoms. The maximum atomic E-state index is 10.8. The van der Waals surface area contributed by atoms with Gasteiger partial charge in [-0.2, -0.15) is 0 Å². The first-order chi connectivity index (χ1) is 11.2. The van der Waals surface area contributed by atoms with E-state index < -0.39 is 7.81 Å². The van der Waals surface area contributed by atoms with E-state index in [9.17, 15) is 30.0 Å². The number of unbranched alkanes of at least 4 members (excludes halogenated alkanes) is 3. The molecule has 1 rings (SSSR count). The zero-order valence-corrected chi connectivity index (χ0v) is 14.8. The monoisotopic (exact) mass is 396 g/mol. The van der Waals surface area contributed by atoms with E-state index >= 15 is 0 Å². The van der Waals surface area contributed by atoms with Gasteiger partial charge in [-0.05, 0) is 32.6 Å². The van der Waals surface area contributed by atoms with Crippen LogP contribution in [0.25, 0.3) is 0 Å². The molecule has 0 saturated carbocycles. The average Bonchev–Trinajstić information content (AvgIpc) is 2.90. The van der Waals surface area contributed by atoms with Crippen LogP contribution in [0.15, 0.2) is 31.4 Å². The van der Waals surface area contributed by atoms with Crippen molar-refractivity contribution in [2.24, 2.45) is 0 Å². The molecular weight excluding hydrogens is 373 g/mol. The van der Waals surface area contributed by atoms with Gasteiger partial charge in [-0.1, -0.05) is 6.58 Å². The van der Waals surface area contributed by atoms with Crippen LogP contribution in [0, 0.1) is 0 Å². The van der Waals surface area contributed by atoms with Crippen molar-refractivity contribution in [1.82, 2.24) is 4.57 Å². The topological polar surface area (TPSA) is 35.1 Å². The first-order valence-corrected chi connectivity index (χ1v) is 9.64. The van der Waals surface area contributed by atoms with Crippen molar-refractivity contribution < 1.29 is 39.3 Å². The fourth-order valence-corrected chi connectivity index (χ4v) is 1.74. The van der Waals surface area contributed by atoms with E-state index in [1.54, 1.807) is 0 Å². The molecule has 25 heavy (non-hydrogen) atoms. The van der Waals surface area contributed by atoms with Crippen LogP contribution < -0.4 is 4.57 Å². The van der Waals surface area contributed by atoms with Crippen LogP contribution in [-0.2, 0) is 22.6 Å². The van der Waals surface area contributed by atoms with Crippen LogP contribution in [0.3, 0.4) is 0 Å². The molecule has 1 aromatic heterocycles. The molecule has 11 heteroatoms. The van der Waals surface area contributed by atoms with Crippen molar-refractivity contribution in [3.8, 4) is 0 Å². The van der Waals surface area contributed by atoms with Gasteiger partial charge in [0.2, 0.25) is 6.33 Å². The van der Waals surface area contributed by atoms with Crippen LogP contribution in [0.2, 0.25) is 0 Å². The standard InChI is InChI=1S/C14H23N2O2.F6P/c1-3-14(17)18-12-8-6-5-7-9-16-11-10-15(4-2)13-16;1-7(2,3,4,5)6/h3,10-11,13H,1,4-9,12H2,2H3;/q+1;-1. The molecule has 0 spiro atoms. The van der Waals surface area contributed by atoms with E-state index in [0.29, 0.717) is 6.61 Å². The Kier molecular flexibility index (Phi) is 8.14. The molecule has 1 aromatic rings. The van der Waals surface area contributed by atoms with E-state index in [4.69, 9.17) is 4.74 Å². The number of nitrogens with zero attached hydrogens (tertiary/aromatic N) is 2. The quantitative estimate of drug-likeness (QED) is 0.139. The second kappa shape index (κ2) is 8.69. The minimum atomic E-state index is -10.7. The molecule has 4 nitrogen and oxygen atoms in total. The molecule has 0 aliphatic rings. The fraction of sp³-hybridized carbons (Fsp3) is 0.571. The van der Waals surface area contributed by atoms with Crippen LogP contribution in [0.1, 0.15) is 32.6 Å². The van der Waals surface area contributed by atoms with E-state index in [0.717, 1.165) is 38.8 Å². The number of hydrogen-bond acceptors (Lipinski definition) is 2. The second-order valence-electron chi connectivity index (χ2n) is 5.23. The Morgan fingerprint density at radius 1 is 1.16 bits per heavy atom. The third-order valence-corrected chi connectivity index (χ3v) is 2.83. The third kappa shape index (κ3) is 20.4. The fourth-order valence-electron chi connectivity index (χ4n) is 1.74. The van der Waals surface area contributed by atoms with Crippen LogP contribution in [0.4, 0.5) is 25.2 Å². The third-order valence-electron chi connectivity index (χ3n) is 2.83. The predicted molar refractivity (Wildman–Crippen MR) is 83.5 cm³/mol. The van der Waals surface area contributed by atoms with Crippen molar-refractivity contribution in [3.63, 3.8) is 0 Å². The summed E-state index contributed by atoms with van der Waals surface area (Å²) in [6, 6.07) is 0. The first-order valence-electron chi connectivity index (χ1n) is 7.61. The van der Waals surface area contributed by atoms with Gasteiger partial charge in [0, 0.05) is 6.08 Å².